The van der Waals surface area contributed by atoms with Crippen molar-refractivity contribution < 1.29 is 4.79 Å². The highest BCUT2D eigenvalue weighted by atomic mass is 32.1. The molecule has 0 aliphatic heterocycles. The second kappa shape index (κ2) is 4.97. The minimum atomic E-state index is -0.777. The molecular formula is C12H20N2OS. The summed E-state index contributed by atoms with van der Waals surface area (Å²) in [4.78, 5) is 14.3. The third kappa shape index (κ3) is 3.06. The third-order valence-corrected chi connectivity index (χ3v) is 3.97. The van der Waals surface area contributed by atoms with E-state index < -0.39 is 5.54 Å². The molecule has 1 rings (SSSR count). The molecule has 0 spiro atoms. The average molecular weight is 240 g/mol. The summed E-state index contributed by atoms with van der Waals surface area (Å²) in [5, 5.41) is 2.95. The van der Waals surface area contributed by atoms with Crippen molar-refractivity contribution in [3.63, 3.8) is 0 Å². The fourth-order valence-corrected chi connectivity index (χ4v) is 2.16. The van der Waals surface area contributed by atoms with Crippen LogP contribution in [0.4, 0.5) is 0 Å². The van der Waals surface area contributed by atoms with Crippen LogP contribution >= 0.6 is 11.3 Å². The topological polar surface area (TPSA) is 55.1 Å². The van der Waals surface area contributed by atoms with Gasteiger partial charge >= 0.3 is 0 Å². The molecule has 16 heavy (non-hydrogen) atoms. The zero-order chi connectivity index (χ0) is 12.3. The Morgan fingerprint density at radius 1 is 1.62 bits per heavy atom. The average Bonchev–Trinajstić information content (AvgIpc) is 2.64. The molecule has 2 atom stereocenters. The van der Waals surface area contributed by atoms with Crippen LogP contribution in [0.15, 0.2) is 12.1 Å². The van der Waals surface area contributed by atoms with Gasteiger partial charge in [0.2, 0.25) is 5.91 Å². The Balaban J connectivity index is 2.65. The molecule has 1 heterocycles. The number of nitrogens with one attached hydrogen (secondary N) is 1. The van der Waals surface area contributed by atoms with E-state index in [1.54, 1.807) is 18.3 Å². The van der Waals surface area contributed by atoms with Gasteiger partial charge < -0.3 is 11.1 Å². The summed E-state index contributed by atoms with van der Waals surface area (Å²) >= 11 is 1.70. The quantitative estimate of drug-likeness (QED) is 0.849. The zero-order valence-electron chi connectivity index (χ0n) is 10.3. The van der Waals surface area contributed by atoms with E-state index in [0.29, 0.717) is 6.42 Å². The second-order valence-electron chi connectivity index (χ2n) is 4.41. The monoisotopic (exact) mass is 240 g/mol. The van der Waals surface area contributed by atoms with Gasteiger partial charge in [-0.1, -0.05) is 6.92 Å². The first-order valence-corrected chi connectivity index (χ1v) is 6.34. The molecule has 4 heteroatoms. The summed E-state index contributed by atoms with van der Waals surface area (Å²) < 4.78 is 0. The Morgan fingerprint density at radius 3 is 2.69 bits per heavy atom. The fourth-order valence-electron chi connectivity index (χ4n) is 1.28. The first kappa shape index (κ1) is 13.2. The van der Waals surface area contributed by atoms with Crippen LogP contribution in [0.3, 0.4) is 0 Å². The fraction of sp³-hybridized carbons (Fsp3) is 0.583. The van der Waals surface area contributed by atoms with Gasteiger partial charge in [0.15, 0.2) is 0 Å². The van der Waals surface area contributed by atoms with Crippen molar-refractivity contribution in [3.05, 3.63) is 21.9 Å². The van der Waals surface area contributed by atoms with E-state index in [4.69, 9.17) is 5.73 Å². The molecule has 0 aromatic carbocycles. The second-order valence-corrected chi connectivity index (χ2v) is 5.73. The smallest absolute Gasteiger partial charge is 0.240 e. The molecular weight excluding hydrogens is 220 g/mol. The zero-order valence-corrected chi connectivity index (χ0v) is 11.1. The minimum absolute atomic E-state index is 0.0284. The van der Waals surface area contributed by atoms with Crippen LogP contribution in [-0.2, 0) is 4.79 Å². The number of carbonyl (C=O) groups excluding carboxylic acids is 1. The molecule has 0 fully saturated rings. The largest absolute Gasteiger partial charge is 0.347 e. The predicted molar refractivity (Wildman–Crippen MR) is 68.5 cm³/mol. The van der Waals surface area contributed by atoms with Crippen molar-refractivity contribution >= 4 is 17.2 Å². The van der Waals surface area contributed by atoms with Crippen molar-refractivity contribution in [3.8, 4) is 0 Å². The Kier molecular flexibility index (Phi) is 4.10. The maximum Gasteiger partial charge on any atom is 0.240 e. The maximum atomic E-state index is 11.9. The molecule has 0 saturated heterocycles. The molecule has 1 amide bonds. The van der Waals surface area contributed by atoms with Crippen molar-refractivity contribution in [2.75, 3.05) is 0 Å². The molecule has 3 N–H and O–H groups in total. The lowest BCUT2D eigenvalue weighted by molar-refractivity contribution is -0.126. The van der Waals surface area contributed by atoms with Crippen LogP contribution in [0, 0.1) is 6.92 Å². The van der Waals surface area contributed by atoms with Crippen LogP contribution in [0.2, 0.25) is 0 Å². The van der Waals surface area contributed by atoms with E-state index in [0.717, 1.165) is 4.88 Å². The van der Waals surface area contributed by atoms with E-state index in [9.17, 15) is 4.79 Å². The molecule has 0 saturated carbocycles. The van der Waals surface area contributed by atoms with Crippen LogP contribution in [0.1, 0.15) is 43.0 Å². The van der Waals surface area contributed by atoms with Crippen molar-refractivity contribution in [1.82, 2.24) is 5.32 Å². The van der Waals surface area contributed by atoms with Gasteiger partial charge in [0, 0.05) is 9.75 Å². The summed E-state index contributed by atoms with van der Waals surface area (Å²) in [7, 11) is 0. The molecule has 3 nitrogen and oxygen atoms in total. The first-order chi connectivity index (χ1) is 7.36. The summed E-state index contributed by atoms with van der Waals surface area (Å²) in [5.74, 6) is -0.0893. The van der Waals surface area contributed by atoms with Crippen LogP contribution in [0.5, 0.6) is 0 Å². The number of amides is 1. The molecule has 0 aliphatic rings. The standard InChI is InChI=1S/C12H20N2OS/c1-5-12(4,13)11(15)14-9(3)10-7-6-8(2)16-10/h6-7,9H,5,13H2,1-4H3,(H,14,15). The van der Waals surface area contributed by atoms with Gasteiger partial charge in [0.1, 0.15) is 0 Å². The van der Waals surface area contributed by atoms with Gasteiger partial charge in [0.25, 0.3) is 0 Å². The predicted octanol–water partition coefficient (Wildman–Crippen LogP) is 2.36. The van der Waals surface area contributed by atoms with Crippen molar-refractivity contribution in [2.24, 2.45) is 5.73 Å². The van der Waals surface area contributed by atoms with E-state index in [1.165, 1.54) is 4.88 Å². The summed E-state index contributed by atoms with van der Waals surface area (Å²) in [5.41, 5.74) is 5.11. The Bertz CT molecular complexity index is 371. The summed E-state index contributed by atoms with van der Waals surface area (Å²) in [6.45, 7) is 7.71. The lowest BCUT2D eigenvalue weighted by atomic mass is 9.99. The highest BCUT2D eigenvalue weighted by Gasteiger charge is 2.27. The Labute approximate surface area is 101 Å². The molecule has 2 unspecified atom stereocenters. The highest BCUT2D eigenvalue weighted by molar-refractivity contribution is 7.12. The van der Waals surface area contributed by atoms with Crippen molar-refractivity contribution in [2.45, 2.75) is 45.7 Å². The maximum absolute atomic E-state index is 11.9. The van der Waals surface area contributed by atoms with Crippen LogP contribution in [-0.4, -0.2) is 11.4 Å². The Hall–Kier alpha value is -0.870. The summed E-state index contributed by atoms with van der Waals surface area (Å²) in [6, 6.07) is 4.13. The van der Waals surface area contributed by atoms with Gasteiger partial charge in [-0.25, -0.2) is 0 Å². The number of carbonyl (C=O) groups is 1. The van der Waals surface area contributed by atoms with E-state index in [1.807, 2.05) is 19.9 Å². The number of thiophene rings is 1. The molecule has 0 bridgehead atoms. The third-order valence-electron chi connectivity index (χ3n) is 2.79. The number of rotatable bonds is 4. The minimum Gasteiger partial charge on any atom is -0.347 e. The first-order valence-electron chi connectivity index (χ1n) is 5.53. The lowest BCUT2D eigenvalue weighted by Crippen LogP contribution is -2.51. The normalized spacial score (nSPS) is 16.6. The SMILES string of the molecule is CCC(C)(N)C(=O)NC(C)c1ccc(C)s1. The number of hydrogen-bond acceptors (Lipinski definition) is 3. The van der Waals surface area contributed by atoms with Gasteiger partial charge in [-0.3, -0.25) is 4.79 Å². The summed E-state index contributed by atoms with van der Waals surface area (Å²) in [6.07, 6.45) is 0.634. The molecule has 0 aliphatic carbocycles. The van der Waals surface area contributed by atoms with Gasteiger partial charge in [-0.2, -0.15) is 0 Å². The number of nitrogens with two attached hydrogens (primary N) is 1. The van der Waals surface area contributed by atoms with Crippen molar-refractivity contribution in [1.29, 1.82) is 0 Å². The van der Waals surface area contributed by atoms with E-state index in [-0.39, 0.29) is 11.9 Å². The number of hydrogen-bond donors (Lipinski definition) is 2. The van der Waals surface area contributed by atoms with Crippen LogP contribution in [0.25, 0.3) is 0 Å². The van der Waals surface area contributed by atoms with E-state index >= 15 is 0 Å². The lowest BCUT2D eigenvalue weighted by Gasteiger charge is -2.24. The molecule has 1 aromatic heterocycles. The van der Waals surface area contributed by atoms with Gasteiger partial charge in [0.05, 0.1) is 11.6 Å². The number of aryl methyl sites for hydroxylation is 1. The van der Waals surface area contributed by atoms with E-state index in [2.05, 4.69) is 18.3 Å². The molecule has 90 valence electrons. The highest BCUT2D eigenvalue weighted by Crippen LogP contribution is 2.22. The van der Waals surface area contributed by atoms with Gasteiger partial charge in [-0.15, -0.1) is 11.3 Å². The molecule has 0 radical (unpaired) electrons. The van der Waals surface area contributed by atoms with Gasteiger partial charge in [-0.05, 0) is 39.3 Å². The van der Waals surface area contributed by atoms with Crippen LogP contribution < -0.4 is 11.1 Å². The molecule has 1 aromatic rings. The Morgan fingerprint density at radius 2 is 2.25 bits per heavy atom.